The van der Waals surface area contributed by atoms with Crippen molar-refractivity contribution in [3.05, 3.63) is 59.2 Å². The summed E-state index contributed by atoms with van der Waals surface area (Å²) in [4.78, 5) is 47.1. The number of Topliss-reactive ketones (excluding diaryl/α,β-unsaturated/α-hetero) is 1. The Labute approximate surface area is 175 Å². The molecule has 0 atom stereocenters. The minimum absolute atomic E-state index is 0.0255. The first kappa shape index (κ1) is 22.8. The first-order chi connectivity index (χ1) is 14.2. The Balaban J connectivity index is 1.68. The zero-order chi connectivity index (χ0) is 22.1. The number of nitrogens with one attached hydrogen (secondary N) is 2. The molecule has 0 bridgehead atoms. The Morgan fingerprint density at radius 2 is 1.67 bits per heavy atom. The second-order valence-corrected chi connectivity index (χ2v) is 7.07. The molecule has 30 heavy (non-hydrogen) atoms. The van der Waals surface area contributed by atoms with E-state index < -0.39 is 11.9 Å². The van der Waals surface area contributed by atoms with Crippen LogP contribution in [0.5, 0.6) is 0 Å². The standard InChI is InChI=1S/C23H26N2O5/c1-15-10-11-16(2)20(12-15)25-22(28)14-30-23(29)9-5-8-21(27)24-19-7-4-6-18(13-19)17(3)26/h4,6-7,10-13H,5,8-9,14H2,1-3H3,(H,24,27)(H,25,28). The molecule has 2 aromatic rings. The molecule has 0 saturated heterocycles. The third-order valence-corrected chi connectivity index (χ3v) is 4.37. The van der Waals surface area contributed by atoms with E-state index in [9.17, 15) is 19.2 Å². The highest BCUT2D eigenvalue weighted by atomic mass is 16.5. The molecule has 0 heterocycles. The molecular weight excluding hydrogens is 384 g/mol. The van der Waals surface area contributed by atoms with E-state index in [0.717, 1.165) is 11.1 Å². The van der Waals surface area contributed by atoms with Gasteiger partial charge in [0.05, 0.1) is 0 Å². The molecule has 7 nitrogen and oxygen atoms in total. The first-order valence-electron chi connectivity index (χ1n) is 9.68. The summed E-state index contributed by atoms with van der Waals surface area (Å²) < 4.78 is 4.97. The highest BCUT2D eigenvalue weighted by Crippen LogP contribution is 2.16. The fourth-order valence-corrected chi connectivity index (χ4v) is 2.71. The largest absolute Gasteiger partial charge is 0.456 e. The van der Waals surface area contributed by atoms with Crippen LogP contribution in [0.15, 0.2) is 42.5 Å². The molecule has 0 radical (unpaired) electrons. The van der Waals surface area contributed by atoms with Crippen molar-refractivity contribution >= 4 is 34.9 Å². The van der Waals surface area contributed by atoms with E-state index in [-0.39, 0.29) is 37.6 Å². The molecule has 0 fully saturated rings. The Morgan fingerprint density at radius 3 is 2.40 bits per heavy atom. The van der Waals surface area contributed by atoms with Gasteiger partial charge in [-0.3, -0.25) is 19.2 Å². The highest BCUT2D eigenvalue weighted by Gasteiger charge is 2.11. The number of anilines is 2. The molecule has 2 amide bonds. The number of carbonyl (C=O) groups is 4. The van der Waals surface area contributed by atoms with E-state index in [1.54, 1.807) is 24.3 Å². The number of ketones is 1. The molecule has 0 saturated carbocycles. The Kier molecular flexibility index (Phi) is 8.29. The predicted octanol–water partition coefficient (Wildman–Crippen LogP) is 3.80. The Morgan fingerprint density at radius 1 is 0.900 bits per heavy atom. The maximum atomic E-state index is 12.0. The number of aryl methyl sites for hydroxylation is 2. The summed E-state index contributed by atoms with van der Waals surface area (Å²) in [7, 11) is 0. The van der Waals surface area contributed by atoms with E-state index in [1.165, 1.54) is 6.92 Å². The summed E-state index contributed by atoms with van der Waals surface area (Å²) in [5.41, 5.74) is 3.65. The molecule has 158 valence electrons. The average Bonchev–Trinajstić information content (AvgIpc) is 2.69. The Hall–Kier alpha value is -3.48. The molecule has 0 aromatic heterocycles. The van der Waals surface area contributed by atoms with E-state index in [0.29, 0.717) is 16.9 Å². The third-order valence-electron chi connectivity index (χ3n) is 4.37. The molecule has 0 aliphatic rings. The van der Waals surface area contributed by atoms with Crippen molar-refractivity contribution in [1.29, 1.82) is 0 Å². The quantitative estimate of drug-likeness (QED) is 0.484. The van der Waals surface area contributed by atoms with Gasteiger partial charge in [0.15, 0.2) is 12.4 Å². The van der Waals surface area contributed by atoms with Gasteiger partial charge in [0.25, 0.3) is 5.91 Å². The summed E-state index contributed by atoms with van der Waals surface area (Å²) in [6, 6.07) is 12.3. The van der Waals surface area contributed by atoms with Gasteiger partial charge in [0, 0.05) is 29.8 Å². The van der Waals surface area contributed by atoms with Gasteiger partial charge in [-0.05, 0) is 56.5 Å². The third kappa shape index (κ3) is 7.50. The van der Waals surface area contributed by atoms with Crippen LogP contribution in [-0.2, 0) is 19.1 Å². The molecule has 7 heteroatoms. The minimum atomic E-state index is -0.544. The summed E-state index contributed by atoms with van der Waals surface area (Å²) in [6.45, 7) is 4.87. The van der Waals surface area contributed by atoms with Gasteiger partial charge in [0.2, 0.25) is 5.91 Å². The summed E-state index contributed by atoms with van der Waals surface area (Å²) in [6.07, 6.45) is 0.432. The number of esters is 1. The molecule has 0 unspecified atom stereocenters. The number of carbonyl (C=O) groups excluding carboxylic acids is 4. The van der Waals surface area contributed by atoms with Crippen LogP contribution < -0.4 is 10.6 Å². The van der Waals surface area contributed by atoms with Crippen LogP contribution in [0.25, 0.3) is 0 Å². The SMILES string of the molecule is CC(=O)c1cccc(NC(=O)CCCC(=O)OCC(=O)Nc2cc(C)ccc2C)c1. The lowest BCUT2D eigenvalue weighted by Gasteiger charge is -2.10. The second-order valence-electron chi connectivity index (χ2n) is 7.07. The molecule has 2 aromatic carbocycles. The van der Waals surface area contributed by atoms with Gasteiger partial charge in [-0.2, -0.15) is 0 Å². The van der Waals surface area contributed by atoms with Crippen molar-refractivity contribution in [2.75, 3.05) is 17.2 Å². The van der Waals surface area contributed by atoms with Crippen LogP contribution in [0.1, 0.15) is 47.7 Å². The van der Waals surface area contributed by atoms with Crippen molar-refractivity contribution in [2.45, 2.75) is 40.0 Å². The normalized spacial score (nSPS) is 10.2. The van der Waals surface area contributed by atoms with Crippen molar-refractivity contribution in [1.82, 2.24) is 0 Å². The highest BCUT2D eigenvalue weighted by molar-refractivity contribution is 5.97. The van der Waals surface area contributed by atoms with E-state index in [4.69, 9.17) is 4.74 Å². The maximum absolute atomic E-state index is 12.0. The summed E-state index contributed by atoms with van der Waals surface area (Å²) in [5.74, 6) is -1.32. The van der Waals surface area contributed by atoms with Crippen LogP contribution in [0.4, 0.5) is 11.4 Å². The molecule has 0 aliphatic carbocycles. The van der Waals surface area contributed by atoms with E-state index >= 15 is 0 Å². The van der Waals surface area contributed by atoms with Crippen molar-refractivity contribution in [3.63, 3.8) is 0 Å². The maximum Gasteiger partial charge on any atom is 0.306 e. The van der Waals surface area contributed by atoms with Crippen LogP contribution in [0.2, 0.25) is 0 Å². The number of hydrogen-bond donors (Lipinski definition) is 2. The number of amides is 2. The van der Waals surface area contributed by atoms with Gasteiger partial charge in [-0.1, -0.05) is 24.3 Å². The van der Waals surface area contributed by atoms with Crippen LogP contribution in [0, 0.1) is 13.8 Å². The fourth-order valence-electron chi connectivity index (χ4n) is 2.71. The smallest absolute Gasteiger partial charge is 0.306 e. The van der Waals surface area contributed by atoms with E-state index in [1.807, 2.05) is 32.0 Å². The monoisotopic (exact) mass is 410 g/mol. The number of hydrogen-bond acceptors (Lipinski definition) is 5. The van der Waals surface area contributed by atoms with Gasteiger partial charge in [-0.25, -0.2) is 0 Å². The minimum Gasteiger partial charge on any atom is -0.456 e. The predicted molar refractivity (Wildman–Crippen MR) is 114 cm³/mol. The zero-order valence-corrected chi connectivity index (χ0v) is 17.4. The van der Waals surface area contributed by atoms with E-state index in [2.05, 4.69) is 10.6 Å². The Bertz CT molecular complexity index is 952. The fraction of sp³-hybridized carbons (Fsp3) is 0.304. The van der Waals surface area contributed by atoms with Crippen molar-refractivity contribution in [2.24, 2.45) is 0 Å². The average molecular weight is 410 g/mol. The molecule has 2 rings (SSSR count). The molecule has 0 spiro atoms. The summed E-state index contributed by atoms with van der Waals surface area (Å²) in [5, 5.41) is 5.41. The van der Waals surface area contributed by atoms with Gasteiger partial charge >= 0.3 is 5.97 Å². The van der Waals surface area contributed by atoms with Gasteiger partial charge < -0.3 is 15.4 Å². The summed E-state index contributed by atoms with van der Waals surface area (Å²) >= 11 is 0. The van der Waals surface area contributed by atoms with Gasteiger partial charge in [-0.15, -0.1) is 0 Å². The first-order valence-corrected chi connectivity index (χ1v) is 9.68. The second kappa shape index (κ2) is 10.9. The number of rotatable bonds is 9. The van der Waals surface area contributed by atoms with Crippen molar-refractivity contribution in [3.8, 4) is 0 Å². The van der Waals surface area contributed by atoms with Crippen molar-refractivity contribution < 1.29 is 23.9 Å². The lowest BCUT2D eigenvalue weighted by atomic mass is 10.1. The lowest BCUT2D eigenvalue weighted by Crippen LogP contribution is -2.21. The zero-order valence-electron chi connectivity index (χ0n) is 17.4. The molecule has 0 aliphatic heterocycles. The number of benzene rings is 2. The lowest BCUT2D eigenvalue weighted by molar-refractivity contribution is -0.147. The van der Waals surface area contributed by atoms with Gasteiger partial charge in [0.1, 0.15) is 0 Å². The number of ether oxygens (including phenoxy) is 1. The van der Waals surface area contributed by atoms with Crippen LogP contribution in [-0.4, -0.2) is 30.2 Å². The topological polar surface area (TPSA) is 102 Å². The molecular formula is C23H26N2O5. The van der Waals surface area contributed by atoms with Crippen LogP contribution >= 0.6 is 0 Å². The van der Waals surface area contributed by atoms with Crippen LogP contribution in [0.3, 0.4) is 0 Å². The molecule has 2 N–H and O–H groups in total.